The fourth-order valence-electron chi connectivity index (χ4n) is 3.30. The van der Waals surface area contributed by atoms with Crippen molar-refractivity contribution in [3.8, 4) is 0 Å². The molecule has 1 saturated heterocycles. The first-order chi connectivity index (χ1) is 11.6. The van der Waals surface area contributed by atoms with E-state index < -0.39 is 10.0 Å². The number of benzene rings is 2. The van der Waals surface area contributed by atoms with Crippen LogP contribution in [-0.4, -0.2) is 55.0 Å². The maximum absolute atomic E-state index is 12.9. The zero-order valence-electron chi connectivity index (χ0n) is 13.4. The zero-order valence-corrected chi connectivity index (χ0v) is 14.2. The molecule has 1 amide bonds. The summed E-state index contributed by atoms with van der Waals surface area (Å²) in [4.78, 5) is 14.6. The van der Waals surface area contributed by atoms with Crippen molar-refractivity contribution in [1.29, 1.82) is 0 Å². The van der Waals surface area contributed by atoms with Crippen molar-refractivity contribution in [2.75, 3.05) is 26.2 Å². The van der Waals surface area contributed by atoms with Gasteiger partial charge in [-0.1, -0.05) is 36.4 Å². The second-order valence-electron chi connectivity index (χ2n) is 6.46. The van der Waals surface area contributed by atoms with Crippen LogP contribution in [0.4, 0.5) is 0 Å². The Morgan fingerprint density at radius 2 is 1.58 bits per heavy atom. The fraction of sp³-hybridized carbons (Fsp3) is 0.389. The summed E-state index contributed by atoms with van der Waals surface area (Å²) in [5, 5.41) is 1.80. The van der Waals surface area contributed by atoms with E-state index >= 15 is 0 Å². The number of fused-ring (bicyclic) bond motifs is 1. The summed E-state index contributed by atoms with van der Waals surface area (Å²) >= 11 is 0. The molecular formula is C18H20N2O3S. The van der Waals surface area contributed by atoms with Crippen LogP contribution in [0.3, 0.4) is 0 Å². The van der Waals surface area contributed by atoms with E-state index in [9.17, 15) is 13.2 Å². The van der Waals surface area contributed by atoms with Gasteiger partial charge in [-0.05, 0) is 29.7 Å². The molecule has 1 saturated carbocycles. The molecule has 0 spiro atoms. The van der Waals surface area contributed by atoms with E-state index in [4.69, 9.17) is 0 Å². The number of amides is 1. The highest BCUT2D eigenvalue weighted by molar-refractivity contribution is 7.90. The monoisotopic (exact) mass is 344 g/mol. The van der Waals surface area contributed by atoms with Gasteiger partial charge >= 0.3 is 0 Å². The first-order valence-corrected chi connectivity index (χ1v) is 9.84. The topological polar surface area (TPSA) is 57.7 Å². The quantitative estimate of drug-likeness (QED) is 0.857. The van der Waals surface area contributed by atoms with Crippen molar-refractivity contribution >= 4 is 26.7 Å². The van der Waals surface area contributed by atoms with Crippen LogP contribution in [0.2, 0.25) is 0 Å². The molecule has 126 valence electrons. The summed E-state index contributed by atoms with van der Waals surface area (Å²) in [5.41, 5.74) is 0.687. The third-order valence-electron chi connectivity index (χ3n) is 4.85. The van der Waals surface area contributed by atoms with Gasteiger partial charge in [0.15, 0.2) is 0 Å². The van der Waals surface area contributed by atoms with E-state index in [1.54, 1.807) is 9.21 Å². The Kier molecular flexibility index (Phi) is 3.81. The third kappa shape index (κ3) is 2.70. The maximum atomic E-state index is 12.9. The summed E-state index contributed by atoms with van der Waals surface area (Å²) in [6.45, 7) is 1.70. The maximum Gasteiger partial charge on any atom is 0.254 e. The molecule has 2 aromatic rings. The van der Waals surface area contributed by atoms with Crippen molar-refractivity contribution in [3.05, 3.63) is 48.0 Å². The predicted molar refractivity (Wildman–Crippen MR) is 93.4 cm³/mol. The molecule has 0 bridgehead atoms. The van der Waals surface area contributed by atoms with Crippen molar-refractivity contribution in [1.82, 2.24) is 9.21 Å². The Labute approximate surface area is 141 Å². The molecule has 0 radical (unpaired) electrons. The summed E-state index contributed by atoms with van der Waals surface area (Å²) < 4.78 is 26.1. The normalized spacial score (nSPS) is 19.6. The number of piperazine rings is 1. The van der Waals surface area contributed by atoms with Gasteiger partial charge in [0, 0.05) is 31.7 Å². The van der Waals surface area contributed by atoms with Gasteiger partial charge in [0.1, 0.15) is 0 Å². The third-order valence-corrected chi connectivity index (χ3v) is 7.25. The molecule has 0 N–H and O–H groups in total. The predicted octanol–water partition coefficient (Wildman–Crippen LogP) is 2.09. The molecular weight excluding hydrogens is 324 g/mol. The Balaban J connectivity index is 1.52. The highest BCUT2D eigenvalue weighted by Gasteiger charge is 2.41. The minimum Gasteiger partial charge on any atom is -0.336 e. The van der Waals surface area contributed by atoms with Crippen LogP contribution >= 0.6 is 0 Å². The average molecular weight is 344 g/mol. The van der Waals surface area contributed by atoms with Crippen LogP contribution in [0.15, 0.2) is 42.5 Å². The molecule has 1 heterocycles. The number of carbonyl (C=O) groups is 1. The molecule has 2 aliphatic rings. The van der Waals surface area contributed by atoms with E-state index in [-0.39, 0.29) is 11.2 Å². The summed E-state index contributed by atoms with van der Waals surface area (Å²) in [6.07, 6.45) is 1.55. The van der Waals surface area contributed by atoms with Crippen molar-refractivity contribution in [2.24, 2.45) is 0 Å². The molecule has 1 aliphatic carbocycles. The van der Waals surface area contributed by atoms with Crippen molar-refractivity contribution in [3.63, 3.8) is 0 Å². The Morgan fingerprint density at radius 1 is 0.917 bits per heavy atom. The molecule has 2 fully saturated rings. The van der Waals surface area contributed by atoms with Gasteiger partial charge in [-0.25, -0.2) is 8.42 Å². The molecule has 0 aromatic heterocycles. The molecule has 6 heteroatoms. The first kappa shape index (κ1) is 15.6. The van der Waals surface area contributed by atoms with E-state index in [0.717, 1.165) is 23.6 Å². The summed E-state index contributed by atoms with van der Waals surface area (Å²) in [7, 11) is -3.14. The second kappa shape index (κ2) is 5.86. The van der Waals surface area contributed by atoms with Crippen LogP contribution in [0.5, 0.6) is 0 Å². The number of rotatable bonds is 3. The smallest absolute Gasteiger partial charge is 0.254 e. The lowest BCUT2D eigenvalue weighted by Gasteiger charge is -2.34. The summed E-state index contributed by atoms with van der Waals surface area (Å²) in [6, 6.07) is 13.6. The molecule has 0 unspecified atom stereocenters. The van der Waals surface area contributed by atoms with Crippen LogP contribution in [-0.2, 0) is 10.0 Å². The Hall–Kier alpha value is -1.92. The lowest BCUT2D eigenvalue weighted by atomic mass is 10.0. The minimum atomic E-state index is -3.14. The average Bonchev–Trinajstić information content (AvgIpc) is 3.46. The van der Waals surface area contributed by atoms with Crippen LogP contribution in [0.25, 0.3) is 10.8 Å². The summed E-state index contributed by atoms with van der Waals surface area (Å²) in [5.74, 6) is -0.0183. The molecule has 1 aliphatic heterocycles. The van der Waals surface area contributed by atoms with Gasteiger partial charge in [-0.15, -0.1) is 0 Å². The van der Waals surface area contributed by atoms with Gasteiger partial charge < -0.3 is 4.90 Å². The Bertz CT molecular complexity index is 877. The number of sulfonamides is 1. The van der Waals surface area contributed by atoms with Gasteiger partial charge in [0.25, 0.3) is 5.91 Å². The lowest BCUT2D eigenvalue weighted by molar-refractivity contribution is 0.0700. The van der Waals surface area contributed by atoms with E-state index in [1.165, 1.54) is 0 Å². The Morgan fingerprint density at radius 3 is 2.29 bits per heavy atom. The minimum absolute atomic E-state index is 0.0183. The van der Waals surface area contributed by atoms with Crippen LogP contribution in [0.1, 0.15) is 23.2 Å². The number of carbonyl (C=O) groups excluding carboxylic acids is 1. The van der Waals surface area contributed by atoms with Gasteiger partial charge in [-0.3, -0.25) is 4.79 Å². The zero-order chi connectivity index (χ0) is 16.7. The molecule has 0 atom stereocenters. The molecule has 2 aromatic carbocycles. The molecule has 5 nitrogen and oxygen atoms in total. The highest BCUT2D eigenvalue weighted by atomic mass is 32.2. The van der Waals surface area contributed by atoms with Crippen LogP contribution in [0, 0.1) is 0 Å². The number of nitrogens with zero attached hydrogens (tertiary/aromatic N) is 2. The number of hydrogen-bond acceptors (Lipinski definition) is 3. The van der Waals surface area contributed by atoms with E-state index in [2.05, 4.69) is 0 Å². The molecule has 4 rings (SSSR count). The highest BCUT2D eigenvalue weighted by Crippen LogP contribution is 2.31. The standard InChI is InChI=1S/C18H20N2O3S/c21-18(17-7-3-5-14-4-1-2-6-16(14)17)19-10-12-20(13-11-19)24(22,23)15-8-9-15/h1-7,15H,8-13H2. The first-order valence-electron chi connectivity index (χ1n) is 8.33. The van der Waals surface area contributed by atoms with E-state index in [0.29, 0.717) is 31.7 Å². The van der Waals surface area contributed by atoms with Gasteiger partial charge in [0.05, 0.1) is 5.25 Å². The van der Waals surface area contributed by atoms with Crippen LogP contribution < -0.4 is 0 Å². The van der Waals surface area contributed by atoms with Crippen molar-refractivity contribution in [2.45, 2.75) is 18.1 Å². The van der Waals surface area contributed by atoms with Gasteiger partial charge in [0.2, 0.25) is 10.0 Å². The lowest BCUT2D eigenvalue weighted by Crippen LogP contribution is -2.51. The second-order valence-corrected chi connectivity index (χ2v) is 8.68. The molecule has 24 heavy (non-hydrogen) atoms. The van der Waals surface area contributed by atoms with E-state index in [1.807, 2.05) is 42.5 Å². The largest absolute Gasteiger partial charge is 0.336 e. The van der Waals surface area contributed by atoms with Crippen molar-refractivity contribution < 1.29 is 13.2 Å². The van der Waals surface area contributed by atoms with Gasteiger partial charge in [-0.2, -0.15) is 4.31 Å². The SMILES string of the molecule is O=C(c1cccc2ccccc12)N1CCN(S(=O)(=O)C2CC2)CC1. The fourth-order valence-corrected chi connectivity index (χ4v) is 5.13. The number of hydrogen-bond donors (Lipinski definition) is 0.